The predicted molar refractivity (Wildman–Crippen MR) is 119 cm³/mol. The maximum absolute atomic E-state index is 12.8. The fourth-order valence-corrected chi connectivity index (χ4v) is 5.19. The van der Waals surface area contributed by atoms with Crippen molar-refractivity contribution in [2.24, 2.45) is 13.0 Å². The van der Waals surface area contributed by atoms with E-state index >= 15 is 0 Å². The third-order valence-corrected chi connectivity index (χ3v) is 7.61. The fourth-order valence-electron chi connectivity index (χ4n) is 3.57. The number of benzene rings is 1. The van der Waals surface area contributed by atoms with Crippen molar-refractivity contribution in [3.8, 4) is 5.75 Å². The van der Waals surface area contributed by atoms with Crippen LogP contribution in [0.1, 0.15) is 25.1 Å². The molecule has 1 aliphatic rings. The molecule has 170 valence electrons. The van der Waals surface area contributed by atoms with Crippen molar-refractivity contribution in [3.05, 3.63) is 41.3 Å². The highest BCUT2D eigenvalue weighted by molar-refractivity contribution is 7.89. The highest BCUT2D eigenvalue weighted by Crippen LogP contribution is 2.24. The molecule has 1 aromatic carbocycles. The molecule has 1 fully saturated rings. The number of amides is 1. The van der Waals surface area contributed by atoms with Crippen LogP contribution in [0.2, 0.25) is 5.02 Å². The van der Waals surface area contributed by atoms with E-state index in [1.807, 2.05) is 12.1 Å². The molecule has 0 radical (unpaired) electrons. The lowest BCUT2D eigenvalue weighted by Crippen LogP contribution is -2.43. The summed E-state index contributed by atoms with van der Waals surface area (Å²) in [6, 6.07) is 7.17. The van der Waals surface area contributed by atoms with Crippen molar-refractivity contribution in [1.82, 2.24) is 18.8 Å². The lowest BCUT2D eigenvalue weighted by Gasteiger charge is -2.32. The maximum Gasteiger partial charge on any atom is 0.262 e. The van der Waals surface area contributed by atoms with E-state index in [9.17, 15) is 13.2 Å². The summed E-state index contributed by atoms with van der Waals surface area (Å²) in [6.45, 7) is 3.49. The molecule has 0 aliphatic carbocycles. The molecule has 1 aliphatic heterocycles. The van der Waals surface area contributed by atoms with Gasteiger partial charge in [0.05, 0.1) is 6.61 Å². The van der Waals surface area contributed by atoms with E-state index in [0.29, 0.717) is 56.4 Å². The van der Waals surface area contributed by atoms with Gasteiger partial charge in [-0.2, -0.15) is 4.31 Å². The minimum absolute atomic E-state index is 0.0530. The number of halogens is 1. The van der Waals surface area contributed by atoms with Crippen molar-refractivity contribution in [1.29, 1.82) is 0 Å². The average Bonchev–Trinajstić information content (AvgIpc) is 3.11. The smallest absolute Gasteiger partial charge is 0.262 e. The Morgan fingerprint density at radius 2 is 1.90 bits per heavy atom. The van der Waals surface area contributed by atoms with E-state index in [2.05, 4.69) is 4.98 Å². The van der Waals surface area contributed by atoms with E-state index in [0.717, 1.165) is 5.75 Å². The van der Waals surface area contributed by atoms with Gasteiger partial charge in [0.1, 0.15) is 11.6 Å². The Morgan fingerprint density at radius 3 is 2.48 bits per heavy atom. The van der Waals surface area contributed by atoms with Crippen molar-refractivity contribution < 1.29 is 17.9 Å². The van der Waals surface area contributed by atoms with Gasteiger partial charge in [-0.3, -0.25) is 4.79 Å². The molecular weight excluding hydrogens is 440 g/mol. The normalized spacial score (nSPS) is 15.7. The number of sulfonamides is 1. The largest absolute Gasteiger partial charge is 0.494 e. The lowest BCUT2D eigenvalue weighted by molar-refractivity contribution is -0.135. The number of aromatic nitrogens is 2. The monoisotopic (exact) mass is 468 g/mol. The van der Waals surface area contributed by atoms with Gasteiger partial charge < -0.3 is 14.2 Å². The fraction of sp³-hybridized carbons (Fsp3) is 0.524. The SMILES string of the molecule is Cc1nc(S(=O)(=O)N2CCC(C(=O)N(C)CCCOc3ccc(Cl)cc3)CC2)cn1C. The molecule has 8 nitrogen and oxygen atoms in total. The van der Waals surface area contributed by atoms with E-state index in [1.165, 1.54) is 10.5 Å². The summed E-state index contributed by atoms with van der Waals surface area (Å²) < 4.78 is 34.4. The highest BCUT2D eigenvalue weighted by atomic mass is 35.5. The summed E-state index contributed by atoms with van der Waals surface area (Å²) in [6.07, 6.45) is 3.25. The Labute approximate surface area is 188 Å². The minimum Gasteiger partial charge on any atom is -0.494 e. The zero-order valence-corrected chi connectivity index (χ0v) is 19.7. The second-order valence-electron chi connectivity index (χ2n) is 7.83. The first kappa shape index (κ1) is 23.6. The highest BCUT2D eigenvalue weighted by Gasteiger charge is 2.34. The summed E-state index contributed by atoms with van der Waals surface area (Å²) in [5.74, 6) is 1.27. The van der Waals surface area contributed by atoms with Crippen LogP contribution in [-0.2, 0) is 21.9 Å². The number of rotatable bonds is 8. The van der Waals surface area contributed by atoms with E-state index < -0.39 is 10.0 Å². The quantitative estimate of drug-likeness (QED) is 0.556. The number of carbonyl (C=O) groups is 1. The van der Waals surface area contributed by atoms with Crippen molar-refractivity contribution >= 4 is 27.5 Å². The molecule has 0 spiro atoms. The zero-order valence-electron chi connectivity index (χ0n) is 18.1. The lowest BCUT2D eigenvalue weighted by atomic mass is 9.96. The maximum atomic E-state index is 12.8. The van der Waals surface area contributed by atoms with E-state index in [1.54, 1.807) is 42.6 Å². The van der Waals surface area contributed by atoms with Gasteiger partial charge in [-0.15, -0.1) is 0 Å². The molecular formula is C21H29ClN4O4S. The minimum atomic E-state index is -3.63. The number of nitrogens with zero attached hydrogens (tertiary/aromatic N) is 4. The van der Waals surface area contributed by atoms with Crippen LogP contribution < -0.4 is 4.74 Å². The van der Waals surface area contributed by atoms with Crippen LogP contribution in [0.25, 0.3) is 0 Å². The van der Waals surface area contributed by atoms with Gasteiger partial charge >= 0.3 is 0 Å². The summed E-state index contributed by atoms with van der Waals surface area (Å²) in [7, 11) is -0.0794. The zero-order chi connectivity index (χ0) is 22.6. The van der Waals surface area contributed by atoms with Crippen molar-refractivity contribution in [2.45, 2.75) is 31.2 Å². The van der Waals surface area contributed by atoms with Gasteiger partial charge in [-0.05, 0) is 50.5 Å². The van der Waals surface area contributed by atoms with Crippen molar-refractivity contribution in [2.75, 3.05) is 33.3 Å². The van der Waals surface area contributed by atoms with Gasteiger partial charge in [0.15, 0.2) is 5.03 Å². The molecule has 1 amide bonds. The molecule has 0 N–H and O–H groups in total. The van der Waals surface area contributed by atoms with Gasteiger partial charge in [0.25, 0.3) is 10.0 Å². The Hall–Kier alpha value is -2.10. The number of piperidine rings is 1. The first-order valence-corrected chi connectivity index (χ1v) is 12.1. The average molecular weight is 469 g/mol. The summed E-state index contributed by atoms with van der Waals surface area (Å²) in [4.78, 5) is 18.6. The van der Waals surface area contributed by atoms with Crippen LogP contribution in [0.15, 0.2) is 35.5 Å². The predicted octanol–water partition coefficient (Wildman–Crippen LogP) is 2.71. The third kappa shape index (κ3) is 5.78. The van der Waals surface area contributed by atoms with Crippen LogP contribution >= 0.6 is 11.6 Å². The first-order valence-electron chi connectivity index (χ1n) is 10.3. The van der Waals surface area contributed by atoms with Crippen LogP contribution in [0.4, 0.5) is 0 Å². The molecule has 0 atom stereocenters. The molecule has 2 aromatic rings. The number of ether oxygens (including phenoxy) is 1. The number of imidazole rings is 1. The summed E-state index contributed by atoms with van der Waals surface area (Å²) in [5.41, 5.74) is 0. The Kier molecular flexibility index (Phi) is 7.61. The third-order valence-electron chi connectivity index (χ3n) is 5.59. The molecule has 0 saturated carbocycles. The van der Waals surface area contributed by atoms with Gasteiger partial charge in [0.2, 0.25) is 5.91 Å². The standard InChI is InChI=1S/C21H29ClN4O4S/c1-16-23-20(15-25(16)3)31(28,29)26-12-9-17(10-13-26)21(27)24(2)11-4-14-30-19-7-5-18(22)6-8-19/h5-8,15,17H,4,9-14H2,1-3H3. The summed E-state index contributed by atoms with van der Waals surface area (Å²) >= 11 is 5.86. The number of hydrogen-bond donors (Lipinski definition) is 0. The Bertz CT molecular complexity index is 979. The molecule has 0 unspecified atom stereocenters. The molecule has 3 rings (SSSR count). The first-order chi connectivity index (χ1) is 14.7. The molecule has 31 heavy (non-hydrogen) atoms. The van der Waals surface area contributed by atoms with Gasteiger partial charge in [0, 0.05) is 50.9 Å². The van der Waals surface area contributed by atoms with Crippen LogP contribution in [0, 0.1) is 12.8 Å². The second-order valence-corrected chi connectivity index (χ2v) is 10.2. The Morgan fingerprint density at radius 1 is 1.26 bits per heavy atom. The van der Waals surface area contributed by atoms with Gasteiger partial charge in [-0.1, -0.05) is 11.6 Å². The summed E-state index contributed by atoms with van der Waals surface area (Å²) in [5, 5.41) is 0.724. The van der Waals surface area contributed by atoms with Crippen molar-refractivity contribution in [3.63, 3.8) is 0 Å². The topological polar surface area (TPSA) is 84.7 Å². The Balaban J connectivity index is 1.44. The molecule has 2 heterocycles. The second kappa shape index (κ2) is 10.0. The van der Waals surface area contributed by atoms with Crippen LogP contribution in [0.3, 0.4) is 0 Å². The molecule has 1 aromatic heterocycles. The molecule has 1 saturated heterocycles. The van der Waals surface area contributed by atoms with E-state index in [-0.39, 0.29) is 16.9 Å². The van der Waals surface area contributed by atoms with E-state index in [4.69, 9.17) is 16.3 Å². The van der Waals surface area contributed by atoms with Gasteiger partial charge in [-0.25, -0.2) is 13.4 Å². The number of aryl methyl sites for hydroxylation is 2. The molecule has 0 bridgehead atoms. The number of carbonyl (C=O) groups excluding carboxylic acids is 1. The number of hydrogen-bond acceptors (Lipinski definition) is 5. The van der Waals surface area contributed by atoms with Crippen LogP contribution in [-0.4, -0.2) is 66.4 Å². The van der Waals surface area contributed by atoms with Crippen LogP contribution in [0.5, 0.6) is 5.75 Å². The molecule has 10 heteroatoms.